The third-order valence-corrected chi connectivity index (χ3v) is 3.45. The number of hydrogen-bond acceptors (Lipinski definition) is 3. The van der Waals surface area contributed by atoms with Crippen LogP contribution in [0.25, 0.3) is 0 Å². The van der Waals surface area contributed by atoms with Gasteiger partial charge >= 0.3 is 0 Å². The number of nitrogens with zero attached hydrogens (tertiary/aromatic N) is 2. The molecule has 3 nitrogen and oxygen atoms in total. The molecule has 3 atom stereocenters. The van der Waals surface area contributed by atoms with E-state index < -0.39 is 5.41 Å². The average molecular weight is 202 g/mol. The van der Waals surface area contributed by atoms with E-state index in [0.29, 0.717) is 12.8 Å². The van der Waals surface area contributed by atoms with Crippen LogP contribution in [0.4, 0.5) is 0 Å². The summed E-state index contributed by atoms with van der Waals surface area (Å²) in [7, 11) is 0. The summed E-state index contributed by atoms with van der Waals surface area (Å²) in [5.74, 6) is -0.424. The molecule has 1 rings (SSSR count). The molecule has 0 aliphatic heterocycles. The van der Waals surface area contributed by atoms with E-state index >= 15 is 0 Å². The second-order valence-electron chi connectivity index (χ2n) is 4.03. The third kappa shape index (κ3) is 1.55. The molecule has 0 saturated heterocycles. The molecule has 1 saturated carbocycles. The number of rotatable bonds is 3. The molecule has 0 amide bonds. The zero-order valence-electron chi connectivity index (χ0n) is 8.81. The van der Waals surface area contributed by atoms with Crippen LogP contribution in [0, 0.1) is 45.8 Å². The fourth-order valence-corrected chi connectivity index (χ4v) is 2.63. The van der Waals surface area contributed by atoms with Gasteiger partial charge in [0.1, 0.15) is 11.7 Å². The Morgan fingerprint density at radius 2 is 2.13 bits per heavy atom. The quantitative estimate of drug-likeness (QED) is 0.519. The average Bonchev–Trinajstić information content (AvgIpc) is 2.62. The van der Waals surface area contributed by atoms with Crippen LogP contribution < -0.4 is 0 Å². The topological polar surface area (TPSA) is 64.7 Å². The van der Waals surface area contributed by atoms with Crippen LogP contribution in [0.2, 0.25) is 0 Å². The largest absolute Gasteiger partial charge is 0.303 e. The second kappa shape index (κ2) is 4.28. The summed E-state index contributed by atoms with van der Waals surface area (Å²) in [5.41, 5.74) is -1.00. The predicted octanol–water partition coefficient (Wildman–Crippen LogP) is 2.07. The molecule has 0 aromatic heterocycles. The van der Waals surface area contributed by atoms with Gasteiger partial charge < -0.3 is 4.79 Å². The zero-order chi connectivity index (χ0) is 11.5. The van der Waals surface area contributed by atoms with Crippen LogP contribution >= 0.6 is 0 Å². The Balaban J connectivity index is 3.15. The van der Waals surface area contributed by atoms with E-state index in [1.54, 1.807) is 6.08 Å². The molecule has 0 aromatic carbocycles. The number of allylic oxidation sites excluding steroid dienone is 1. The van der Waals surface area contributed by atoms with E-state index in [2.05, 4.69) is 18.7 Å². The fraction of sp³-hybridized carbons (Fsp3) is 0.583. The highest BCUT2D eigenvalue weighted by Gasteiger charge is 2.52. The van der Waals surface area contributed by atoms with Crippen molar-refractivity contribution in [2.24, 2.45) is 23.2 Å². The van der Waals surface area contributed by atoms with Gasteiger partial charge in [-0.05, 0) is 12.3 Å². The van der Waals surface area contributed by atoms with Crippen LogP contribution in [0.3, 0.4) is 0 Å². The first-order chi connectivity index (χ1) is 7.18. The van der Waals surface area contributed by atoms with Gasteiger partial charge in [-0.25, -0.2) is 0 Å². The smallest absolute Gasteiger partial charge is 0.147 e. The van der Waals surface area contributed by atoms with Gasteiger partial charge in [-0.1, -0.05) is 19.4 Å². The summed E-state index contributed by atoms with van der Waals surface area (Å²) >= 11 is 0. The summed E-state index contributed by atoms with van der Waals surface area (Å²) in [4.78, 5) is 11.0. The Morgan fingerprint density at radius 1 is 1.53 bits per heavy atom. The van der Waals surface area contributed by atoms with Gasteiger partial charge in [0.2, 0.25) is 0 Å². The summed E-state index contributed by atoms with van der Waals surface area (Å²) < 4.78 is 0. The lowest BCUT2D eigenvalue weighted by molar-refractivity contribution is -0.113. The summed E-state index contributed by atoms with van der Waals surface area (Å²) in [6.07, 6.45) is 3.68. The maximum Gasteiger partial charge on any atom is 0.147 e. The molecule has 15 heavy (non-hydrogen) atoms. The first kappa shape index (κ1) is 11.5. The van der Waals surface area contributed by atoms with Gasteiger partial charge in [0.25, 0.3) is 0 Å². The number of hydrogen-bond donors (Lipinski definition) is 0. The van der Waals surface area contributed by atoms with Gasteiger partial charge in [0, 0.05) is 11.8 Å². The normalized spacial score (nSPS) is 32.6. The van der Waals surface area contributed by atoms with Gasteiger partial charge in [0.15, 0.2) is 0 Å². The van der Waals surface area contributed by atoms with Gasteiger partial charge in [0.05, 0.1) is 12.1 Å². The van der Waals surface area contributed by atoms with Crippen molar-refractivity contribution in [3.8, 4) is 12.1 Å². The van der Waals surface area contributed by atoms with Crippen molar-refractivity contribution in [2.45, 2.75) is 19.8 Å². The number of carbonyl (C=O) groups excluding carboxylic acids is 1. The molecule has 0 heterocycles. The Morgan fingerprint density at radius 3 is 2.47 bits per heavy atom. The Hall–Kier alpha value is -1.61. The molecule has 0 N–H and O–H groups in total. The number of nitriles is 2. The number of carbonyl (C=O) groups is 1. The molecular formula is C12H14N2O. The monoisotopic (exact) mass is 202 g/mol. The maximum absolute atomic E-state index is 11.0. The summed E-state index contributed by atoms with van der Waals surface area (Å²) in [5, 5.41) is 18.2. The molecule has 78 valence electrons. The molecule has 0 unspecified atom stereocenters. The van der Waals surface area contributed by atoms with Crippen LogP contribution in [-0.4, -0.2) is 6.29 Å². The van der Waals surface area contributed by atoms with Crippen molar-refractivity contribution in [3.05, 3.63) is 12.7 Å². The van der Waals surface area contributed by atoms with E-state index in [1.165, 1.54) is 0 Å². The molecule has 1 fully saturated rings. The molecule has 3 heteroatoms. The van der Waals surface area contributed by atoms with Crippen molar-refractivity contribution >= 4 is 6.29 Å². The van der Waals surface area contributed by atoms with E-state index in [9.17, 15) is 4.79 Å². The predicted molar refractivity (Wildman–Crippen MR) is 55.3 cm³/mol. The van der Waals surface area contributed by atoms with Crippen LogP contribution in [-0.2, 0) is 4.79 Å². The lowest BCUT2D eigenvalue weighted by Gasteiger charge is -2.21. The molecule has 1 aliphatic rings. The second-order valence-corrected chi connectivity index (χ2v) is 4.03. The highest BCUT2D eigenvalue weighted by molar-refractivity contribution is 5.57. The van der Waals surface area contributed by atoms with Crippen molar-refractivity contribution in [3.63, 3.8) is 0 Å². The van der Waals surface area contributed by atoms with Crippen molar-refractivity contribution in [1.29, 1.82) is 10.5 Å². The van der Waals surface area contributed by atoms with Gasteiger partial charge in [-0.3, -0.25) is 0 Å². The first-order valence-corrected chi connectivity index (χ1v) is 5.09. The zero-order valence-corrected chi connectivity index (χ0v) is 8.81. The standard InChI is InChI=1S/C12H14N2O/c1-3-9-5-12(7-13,8-14)11(4-2)10(9)6-15/h3,6,9-11H,1,4-5H2,2H3/t9-,10-,11+/m0/s1. The summed E-state index contributed by atoms with van der Waals surface area (Å²) in [6, 6.07) is 4.18. The van der Waals surface area contributed by atoms with E-state index in [4.69, 9.17) is 10.5 Å². The molecule has 1 aliphatic carbocycles. The van der Waals surface area contributed by atoms with E-state index in [1.807, 2.05) is 6.92 Å². The lowest BCUT2D eigenvalue weighted by atomic mass is 9.76. The van der Waals surface area contributed by atoms with Crippen molar-refractivity contribution in [2.75, 3.05) is 0 Å². The Labute approximate surface area is 90.0 Å². The van der Waals surface area contributed by atoms with Gasteiger partial charge in [-0.2, -0.15) is 10.5 Å². The minimum atomic E-state index is -1.00. The SMILES string of the molecule is C=C[C@H]1CC(C#N)(C#N)[C@H](CC)[C@H]1C=O. The minimum absolute atomic E-state index is 0.0354. The minimum Gasteiger partial charge on any atom is -0.303 e. The van der Waals surface area contributed by atoms with Gasteiger partial charge in [-0.15, -0.1) is 6.58 Å². The molecular weight excluding hydrogens is 188 g/mol. The van der Waals surface area contributed by atoms with E-state index in [-0.39, 0.29) is 17.8 Å². The van der Waals surface area contributed by atoms with Crippen LogP contribution in [0.1, 0.15) is 19.8 Å². The highest BCUT2D eigenvalue weighted by atomic mass is 16.1. The third-order valence-electron chi connectivity index (χ3n) is 3.45. The molecule has 0 spiro atoms. The Kier molecular flexibility index (Phi) is 3.27. The van der Waals surface area contributed by atoms with Crippen LogP contribution in [0.15, 0.2) is 12.7 Å². The van der Waals surface area contributed by atoms with E-state index in [0.717, 1.165) is 6.29 Å². The molecule has 0 bridgehead atoms. The maximum atomic E-state index is 11.0. The molecule has 0 aromatic rings. The highest BCUT2D eigenvalue weighted by Crippen LogP contribution is 2.50. The van der Waals surface area contributed by atoms with Crippen molar-refractivity contribution < 1.29 is 4.79 Å². The number of aldehydes is 1. The summed E-state index contributed by atoms with van der Waals surface area (Å²) in [6.45, 7) is 5.58. The van der Waals surface area contributed by atoms with Crippen molar-refractivity contribution in [1.82, 2.24) is 0 Å². The van der Waals surface area contributed by atoms with Crippen LogP contribution in [0.5, 0.6) is 0 Å². The lowest BCUT2D eigenvalue weighted by Crippen LogP contribution is -2.25. The fourth-order valence-electron chi connectivity index (χ4n) is 2.63. The first-order valence-electron chi connectivity index (χ1n) is 5.09. The Bertz CT molecular complexity index is 334. The molecule has 0 radical (unpaired) electrons.